The fourth-order valence-corrected chi connectivity index (χ4v) is 5.20. The van der Waals surface area contributed by atoms with Gasteiger partial charge < -0.3 is 4.74 Å². The van der Waals surface area contributed by atoms with Crippen molar-refractivity contribution in [2.75, 3.05) is 19.0 Å². The third-order valence-corrected chi connectivity index (χ3v) is 7.10. The van der Waals surface area contributed by atoms with Crippen molar-refractivity contribution in [1.82, 2.24) is 4.90 Å². The lowest BCUT2D eigenvalue weighted by Gasteiger charge is -2.41. The molecular weight excluding hydrogens is 423 g/mol. The van der Waals surface area contributed by atoms with Crippen molar-refractivity contribution in [3.63, 3.8) is 0 Å². The molecule has 9 heteroatoms. The lowest BCUT2D eigenvalue weighted by Crippen LogP contribution is -2.54. The van der Waals surface area contributed by atoms with Crippen LogP contribution in [0.4, 0.5) is 4.39 Å². The first kappa shape index (κ1) is 23.8. The summed E-state index contributed by atoms with van der Waals surface area (Å²) >= 11 is 0. The van der Waals surface area contributed by atoms with Gasteiger partial charge in [0.05, 0.1) is 30.2 Å². The predicted octanol–water partition coefficient (Wildman–Crippen LogP) is 3.39. The summed E-state index contributed by atoms with van der Waals surface area (Å²) in [6.45, 7) is -0.435. The zero-order valence-corrected chi connectivity index (χ0v) is 18.5. The van der Waals surface area contributed by atoms with Gasteiger partial charge in [-0.1, -0.05) is 31.4 Å². The van der Waals surface area contributed by atoms with E-state index in [0.29, 0.717) is 18.9 Å². The van der Waals surface area contributed by atoms with Crippen LogP contribution in [0, 0.1) is 5.92 Å². The maximum atomic E-state index is 13.7. The van der Waals surface area contributed by atoms with Gasteiger partial charge in [0.2, 0.25) is 10.0 Å². The van der Waals surface area contributed by atoms with Gasteiger partial charge in [-0.05, 0) is 50.2 Å². The van der Waals surface area contributed by atoms with Crippen molar-refractivity contribution in [2.24, 2.45) is 11.1 Å². The van der Waals surface area contributed by atoms with Gasteiger partial charge in [0.25, 0.3) is 11.8 Å². The van der Waals surface area contributed by atoms with E-state index in [1.165, 1.54) is 6.42 Å². The molecule has 2 aliphatic rings. The summed E-state index contributed by atoms with van der Waals surface area (Å²) < 4.78 is 42.6. The highest BCUT2D eigenvalue weighted by molar-refractivity contribution is 7.89. The van der Waals surface area contributed by atoms with Crippen LogP contribution in [0.2, 0.25) is 0 Å². The van der Waals surface area contributed by atoms with E-state index < -0.39 is 34.2 Å². The van der Waals surface area contributed by atoms with Crippen LogP contribution in [0.3, 0.4) is 0 Å². The van der Waals surface area contributed by atoms with Gasteiger partial charge in [0.15, 0.2) is 5.72 Å². The zero-order chi connectivity index (χ0) is 22.5. The topological polar surface area (TPSA) is 107 Å². The fourth-order valence-electron chi connectivity index (χ4n) is 4.60. The number of sulfonamides is 1. The number of nitrogens with two attached hydrogens (primary N) is 1. The molecule has 0 aromatic heterocycles. The van der Waals surface area contributed by atoms with Crippen LogP contribution < -0.4 is 5.14 Å². The summed E-state index contributed by atoms with van der Waals surface area (Å²) in [5.41, 5.74) is -0.888. The van der Waals surface area contributed by atoms with Crippen LogP contribution in [0.25, 0.3) is 0 Å². The average molecular weight is 455 g/mol. The van der Waals surface area contributed by atoms with Crippen molar-refractivity contribution < 1.29 is 27.1 Å². The lowest BCUT2D eigenvalue weighted by atomic mass is 9.89. The van der Waals surface area contributed by atoms with E-state index in [0.717, 1.165) is 30.6 Å². The number of hydrogen-bond acceptors (Lipinski definition) is 5. The third kappa shape index (κ3) is 5.70. The molecule has 1 atom stereocenters. The standard InChI is InChI=1S/C22H31FN2O5S/c23-14-13-22(12-6-7-15-31(24,28)29,30-16-17-8-2-1-3-9-17)25-20(26)18-10-4-5-11-19(18)21(25)27/h4-5,10-11,17H,1-3,6-9,12-16H2,(H2,24,28,29). The van der Waals surface area contributed by atoms with Gasteiger partial charge in [0, 0.05) is 6.42 Å². The molecule has 172 valence electrons. The molecule has 0 spiro atoms. The summed E-state index contributed by atoms with van der Waals surface area (Å²) in [5, 5.41) is 5.09. The first-order valence-electron chi connectivity index (χ1n) is 11.0. The number of benzene rings is 1. The molecule has 3 rings (SSSR count). The highest BCUT2D eigenvalue weighted by atomic mass is 32.2. The normalized spacial score (nSPS) is 19.5. The summed E-state index contributed by atoms with van der Waals surface area (Å²) in [6, 6.07) is 6.52. The molecule has 1 unspecified atom stereocenters. The largest absolute Gasteiger partial charge is 0.355 e. The maximum absolute atomic E-state index is 13.7. The summed E-state index contributed by atoms with van der Waals surface area (Å²) in [4.78, 5) is 27.4. The van der Waals surface area contributed by atoms with Gasteiger partial charge in [-0.25, -0.2) is 18.5 Å². The van der Waals surface area contributed by atoms with E-state index in [4.69, 9.17) is 9.88 Å². The minimum absolute atomic E-state index is 0.152. The molecule has 7 nitrogen and oxygen atoms in total. The first-order chi connectivity index (χ1) is 14.8. The smallest absolute Gasteiger partial charge is 0.263 e. The van der Waals surface area contributed by atoms with E-state index >= 15 is 0 Å². The Bertz CT molecular complexity index is 866. The second-order valence-corrected chi connectivity index (χ2v) is 10.2. The number of nitrogens with zero attached hydrogens (tertiary/aromatic N) is 1. The molecule has 2 N–H and O–H groups in total. The monoisotopic (exact) mass is 454 g/mol. The molecule has 1 saturated carbocycles. The number of carbonyl (C=O) groups excluding carboxylic acids is 2. The Kier molecular flexibility index (Phi) is 7.82. The van der Waals surface area contributed by atoms with Crippen LogP contribution >= 0.6 is 0 Å². The molecule has 0 radical (unpaired) electrons. The van der Waals surface area contributed by atoms with Gasteiger partial charge in [-0.3, -0.25) is 14.0 Å². The van der Waals surface area contributed by atoms with E-state index in [1.807, 2.05) is 0 Å². The molecular formula is C22H31FN2O5S. The minimum Gasteiger partial charge on any atom is -0.355 e. The van der Waals surface area contributed by atoms with Crippen LogP contribution in [0.15, 0.2) is 24.3 Å². The van der Waals surface area contributed by atoms with E-state index in [2.05, 4.69) is 0 Å². The molecule has 1 aliphatic heterocycles. The molecule has 31 heavy (non-hydrogen) atoms. The highest BCUT2D eigenvalue weighted by Gasteiger charge is 2.49. The second-order valence-electron chi connectivity index (χ2n) is 8.52. The molecule has 1 aromatic carbocycles. The molecule has 1 fully saturated rings. The van der Waals surface area contributed by atoms with Crippen molar-refractivity contribution in [1.29, 1.82) is 0 Å². The quantitative estimate of drug-likeness (QED) is 0.407. The fraction of sp³-hybridized carbons (Fsp3) is 0.636. The second kappa shape index (κ2) is 10.2. The van der Waals surface area contributed by atoms with Crippen molar-refractivity contribution in [3.8, 4) is 0 Å². The Morgan fingerprint density at radius 1 is 1.03 bits per heavy atom. The van der Waals surface area contributed by atoms with E-state index in [9.17, 15) is 22.4 Å². The number of amides is 2. The average Bonchev–Trinajstić information content (AvgIpc) is 3.00. The number of halogens is 1. The Hall–Kier alpha value is -1.84. The lowest BCUT2D eigenvalue weighted by molar-refractivity contribution is -0.144. The van der Waals surface area contributed by atoms with Gasteiger partial charge in [-0.2, -0.15) is 0 Å². The van der Waals surface area contributed by atoms with E-state index in [1.54, 1.807) is 24.3 Å². The number of fused-ring (bicyclic) bond motifs is 1. The van der Waals surface area contributed by atoms with E-state index in [-0.39, 0.29) is 36.1 Å². The number of carbonyl (C=O) groups is 2. The summed E-state index contributed by atoms with van der Waals surface area (Å²) in [7, 11) is -3.63. The Morgan fingerprint density at radius 3 is 2.19 bits per heavy atom. The van der Waals surface area contributed by atoms with Crippen molar-refractivity contribution >= 4 is 21.8 Å². The predicted molar refractivity (Wildman–Crippen MR) is 115 cm³/mol. The highest BCUT2D eigenvalue weighted by Crippen LogP contribution is 2.37. The van der Waals surface area contributed by atoms with Gasteiger partial charge >= 0.3 is 0 Å². The van der Waals surface area contributed by atoms with Crippen LogP contribution in [-0.4, -0.2) is 49.9 Å². The van der Waals surface area contributed by atoms with Crippen molar-refractivity contribution in [3.05, 3.63) is 35.4 Å². The maximum Gasteiger partial charge on any atom is 0.263 e. The Morgan fingerprint density at radius 2 is 1.65 bits per heavy atom. The first-order valence-corrected chi connectivity index (χ1v) is 12.7. The Labute approximate surface area is 183 Å². The number of alkyl halides is 1. The number of primary sulfonamides is 1. The number of rotatable bonds is 11. The molecule has 1 aliphatic carbocycles. The Balaban J connectivity index is 1.85. The third-order valence-electron chi connectivity index (χ3n) is 6.25. The number of hydrogen-bond donors (Lipinski definition) is 1. The SMILES string of the molecule is NS(=O)(=O)CCCCC(CCF)(OCC1CCCCC1)N1C(=O)c2ccccc2C1=O. The molecule has 0 bridgehead atoms. The summed E-state index contributed by atoms with van der Waals surface area (Å²) in [6.07, 6.45) is 5.95. The molecule has 1 aromatic rings. The number of unbranched alkanes of at least 4 members (excludes halogenated alkanes) is 1. The molecule has 2 amide bonds. The van der Waals surface area contributed by atoms with Gasteiger partial charge in [-0.15, -0.1) is 0 Å². The van der Waals surface area contributed by atoms with Crippen LogP contribution in [0.1, 0.15) is 78.5 Å². The van der Waals surface area contributed by atoms with Crippen LogP contribution in [-0.2, 0) is 14.8 Å². The minimum atomic E-state index is -3.63. The van der Waals surface area contributed by atoms with Gasteiger partial charge in [0.1, 0.15) is 0 Å². The zero-order valence-electron chi connectivity index (χ0n) is 17.7. The van der Waals surface area contributed by atoms with Crippen LogP contribution in [0.5, 0.6) is 0 Å². The molecule has 1 heterocycles. The molecule has 0 saturated heterocycles. The number of imide groups is 1. The summed E-state index contributed by atoms with van der Waals surface area (Å²) in [5.74, 6) is -0.913. The van der Waals surface area contributed by atoms with Crippen molar-refractivity contribution in [2.45, 2.75) is 63.5 Å². The number of ether oxygens (including phenoxy) is 1.